The van der Waals surface area contributed by atoms with Crippen LogP contribution in [0.2, 0.25) is 0 Å². The van der Waals surface area contributed by atoms with E-state index in [4.69, 9.17) is 4.42 Å². The molecular weight excluding hydrogens is 250 g/mol. The minimum Gasteiger partial charge on any atom is -0.468 e. The number of nitrogens with one attached hydrogen (secondary N) is 1. The number of nitrogens with zero attached hydrogens (tertiary/aromatic N) is 2. The standard InChI is InChI=1S/C16H23N3O/c1-4-17-9-14-8-16(20-12-14)11-19(3)10-15-7-5-6-13(2)18-15/h5-8,12,17H,4,9-11H2,1-3H3. The molecule has 0 unspecified atom stereocenters. The molecule has 2 rings (SSSR count). The molecule has 4 nitrogen and oxygen atoms in total. The monoisotopic (exact) mass is 273 g/mol. The summed E-state index contributed by atoms with van der Waals surface area (Å²) in [5, 5.41) is 3.29. The maximum atomic E-state index is 5.59. The molecule has 0 radical (unpaired) electrons. The number of hydrogen-bond acceptors (Lipinski definition) is 4. The van der Waals surface area contributed by atoms with Gasteiger partial charge < -0.3 is 9.73 Å². The van der Waals surface area contributed by atoms with Crippen LogP contribution >= 0.6 is 0 Å². The first-order valence-electron chi connectivity index (χ1n) is 7.05. The van der Waals surface area contributed by atoms with Gasteiger partial charge in [-0.25, -0.2) is 0 Å². The third-order valence-electron chi connectivity index (χ3n) is 3.09. The Morgan fingerprint density at radius 3 is 2.90 bits per heavy atom. The van der Waals surface area contributed by atoms with E-state index in [2.05, 4.69) is 41.3 Å². The fourth-order valence-corrected chi connectivity index (χ4v) is 2.16. The number of aryl methyl sites for hydroxylation is 1. The van der Waals surface area contributed by atoms with Crippen molar-refractivity contribution in [3.63, 3.8) is 0 Å². The Hall–Kier alpha value is -1.65. The van der Waals surface area contributed by atoms with Gasteiger partial charge >= 0.3 is 0 Å². The second kappa shape index (κ2) is 7.22. The molecule has 0 saturated carbocycles. The van der Waals surface area contributed by atoms with E-state index in [1.807, 2.05) is 25.3 Å². The fourth-order valence-electron chi connectivity index (χ4n) is 2.16. The molecule has 1 N–H and O–H groups in total. The van der Waals surface area contributed by atoms with Crippen molar-refractivity contribution in [2.45, 2.75) is 33.5 Å². The molecule has 0 aliphatic heterocycles. The summed E-state index contributed by atoms with van der Waals surface area (Å²) in [6, 6.07) is 8.24. The van der Waals surface area contributed by atoms with Gasteiger partial charge in [0.05, 0.1) is 18.5 Å². The van der Waals surface area contributed by atoms with Crippen LogP contribution in [0.3, 0.4) is 0 Å². The van der Waals surface area contributed by atoms with E-state index in [9.17, 15) is 0 Å². The van der Waals surface area contributed by atoms with Crippen molar-refractivity contribution in [1.82, 2.24) is 15.2 Å². The summed E-state index contributed by atoms with van der Waals surface area (Å²) < 4.78 is 5.59. The molecule has 20 heavy (non-hydrogen) atoms. The molecule has 0 aliphatic carbocycles. The Bertz CT molecular complexity index is 536. The normalized spacial score (nSPS) is 11.2. The molecule has 108 valence electrons. The van der Waals surface area contributed by atoms with Crippen molar-refractivity contribution < 1.29 is 4.42 Å². The van der Waals surface area contributed by atoms with Crippen LogP contribution in [-0.4, -0.2) is 23.5 Å². The average Bonchev–Trinajstić information content (AvgIpc) is 2.83. The van der Waals surface area contributed by atoms with Gasteiger partial charge in [-0.2, -0.15) is 0 Å². The molecule has 0 bridgehead atoms. The van der Waals surface area contributed by atoms with Crippen LogP contribution in [0, 0.1) is 6.92 Å². The van der Waals surface area contributed by atoms with E-state index in [1.54, 1.807) is 0 Å². The largest absolute Gasteiger partial charge is 0.468 e. The first kappa shape index (κ1) is 14.8. The molecule has 0 aromatic carbocycles. The highest BCUT2D eigenvalue weighted by molar-refractivity contribution is 5.13. The SMILES string of the molecule is CCNCc1coc(CN(C)Cc2cccc(C)n2)c1. The molecule has 0 aliphatic rings. The highest BCUT2D eigenvalue weighted by Crippen LogP contribution is 2.11. The number of hydrogen-bond donors (Lipinski definition) is 1. The second-order valence-corrected chi connectivity index (χ2v) is 5.14. The molecule has 4 heteroatoms. The summed E-state index contributed by atoms with van der Waals surface area (Å²) in [6.07, 6.45) is 1.83. The van der Waals surface area contributed by atoms with E-state index >= 15 is 0 Å². The lowest BCUT2D eigenvalue weighted by Gasteiger charge is -2.14. The molecule has 2 heterocycles. The van der Waals surface area contributed by atoms with Gasteiger partial charge in [0.2, 0.25) is 0 Å². The van der Waals surface area contributed by atoms with Crippen LogP contribution < -0.4 is 5.32 Å². The zero-order chi connectivity index (χ0) is 14.4. The van der Waals surface area contributed by atoms with Crippen LogP contribution in [0.25, 0.3) is 0 Å². The average molecular weight is 273 g/mol. The maximum Gasteiger partial charge on any atom is 0.118 e. The topological polar surface area (TPSA) is 41.3 Å². The summed E-state index contributed by atoms with van der Waals surface area (Å²) >= 11 is 0. The van der Waals surface area contributed by atoms with Crippen molar-refractivity contribution in [3.8, 4) is 0 Å². The Kier molecular flexibility index (Phi) is 5.32. The van der Waals surface area contributed by atoms with Crippen molar-refractivity contribution in [1.29, 1.82) is 0 Å². The van der Waals surface area contributed by atoms with Gasteiger partial charge in [0.15, 0.2) is 0 Å². The highest BCUT2D eigenvalue weighted by atomic mass is 16.3. The molecule has 0 fully saturated rings. The van der Waals surface area contributed by atoms with E-state index < -0.39 is 0 Å². The predicted octanol–water partition coefficient (Wildman–Crippen LogP) is 2.72. The van der Waals surface area contributed by atoms with E-state index in [0.29, 0.717) is 0 Å². The first-order valence-corrected chi connectivity index (χ1v) is 7.05. The summed E-state index contributed by atoms with van der Waals surface area (Å²) in [5.74, 6) is 0.994. The van der Waals surface area contributed by atoms with Crippen molar-refractivity contribution in [2.24, 2.45) is 0 Å². The summed E-state index contributed by atoms with van der Waals surface area (Å²) in [4.78, 5) is 6.72. The van der Waals surface area contributed by atoms with E-state index in [1.165, 1.54) is 5.56 Å². The van der Waals surface area contributed by atoms with Crippen LogP contribution in [0.4, 0.5) is 0 Å². The Balaban J connectivity index is 1.87. The van der Waals surface area contributed by atoms with Gasteiger partial charge in [0.25, 0.3) is 0 Å². The molecule has 0 atom stereocenters. The predicted molar refractivity (Wildman–Crippen MR) is 80.2 cm³/mol. The molecule has 0 amide bonds. The minimum atomic E-state index is 0.793. The lowest BCUT2D eigenvalue weighted by atomic mass is 10.2. The maximum absolute atomic E-state index is 5.59. The van der Waals surface area contributed by atoms with Crippen molar-refractivity contribution in [2.75, 3.05) is 13.6 Å². The Labute approximate surface area is 120 Å². The number of aromatic nitrogens is 1. The Morgan fingerprint density at radius 1 is 1.30 bits per heavy atom. The van der Waals surface area contributed by atoms with Gasteiger partial charge in [-0.05, 0) is 38.7 Å². The van der Waals surface area contributed by atoms with Crippen LogP contribution in [0.5, 0.6) is 0 Å². The molecule has 2 aromatic heterocycles. The van der Waals surface area contributed by atoms with Gasteiger partial charge in [-0.1, -0.05) is 13.0 Å². The van der Waals surface area contributed by atoms with Gasteiger partial charge in [0, 0.05) is 24.3 Å². The summed E-state index contributed by atoms with van der Waals surface area (Å²) in [5.41, 5.74) is 3.35. The van der Waals surface area contributed by atoms with Gasteiger partial charge in [-0.15, -0.1) is 0 Å². The fraction of sp³-hybridized carbons (Fsp3) is 0.438. The number of furan rings is 1. The molecule has 0 saturated heterocycles. The highest BCUT2D eigenvalue weighted by Gasteiger charge is 2.07. The van der Waals surface area contributed by atoms with Crippen LogP contribution in [0.15, 0.2) is 34.9 Å². The van der Waals surface area contributed by atoms with Gasteiger partial charge in [0.1, 0.15) is 5.76 Å². The zero-order valence-corrected chi connectivity index (χ0v) is 12.5. The van der Waals surface area contributed by atoms with E-state index in [-0.39, 0.29) is 0 Å². The zero-order valence-electron chi connectivity index (χ0n) is 12.5. The second-order valence-electron chi connectivity index (χ2n) is 5.14. The van der Waals surface area contributed by atoms with Crippen molar-refractivity contribution in [3.05, 3.63) is 53.2 Å². The number of pyridine rings is 1. The van der Waals surface area contributed by atoms with Gasteiger partial charge in [-0.3, -0.25) is 9.88 Å². The smallest absolute Gasteiger partial charge is 0.118 e. The molecular formula is C16H23N3O. The lowest BCUT2D eigenvalue weighted by molar-refractivity contribution is 0.284. The summed E-state index contributed by atoms with van der Waals surface area (Å²) in [6.45, 7) is 7.57. The molecule has 0 spiro atoms. The van der Waals surface area contributed by atoms with Crippen LogP contribution in [0.1, 0.15) is 29.6 Å². The van der Waals surface area contributed by atoms with E-state index in [0.717, 1.165) is 43.3 Å². The quantitative estimate of drug-likeness (QED) is 0.842. The third-order valence-corrected chi connectivity index (χ3v) is 3.09. The Morgan fingerprint density at radius 2 is 2.15 bits per heavy atom. The third kappa shape index (κ3) is 4.47. The summed E-state index contributed by atoms with van der Waals surface area (Å²) in [7, 11) is 2.08. The molecule has 2 aromatic rings. The minimum absolute atomic E-state index is 0.793. The number of rotatable bonds is 7. The van der Waals surface area contributed by atoms with Crippen molar-refractivity contribution >= 4 is 0 Å². The lowest BCUT2D eigenvalue weighted by Crippen LogP contribution is -2.17. The first-order chi connectivity index (χ1) is 9.67. The van der Waals surface area contributed by atoms with Crippen LogP contribution in [-0.2, 0) is 19.6 Å².